The summed E-state index contributed by atoms with van der Waals surface area (Å²) in [6.07, 6.45) is 2.26. The Morgan fingerprint density at radius 1 is 1.38 bits per heavy atom. The van der Waals surface area contributed by atoms with Crippen molar-refractivity contribution in [2.24, 2.45) is 0 Å². The molecule has 1 aromatic heterocycles. The van der Waals surface area contributed by atoms with E-state index in [0.29, 0.717) is 31.1 Å². The van der Waals surface area contributed by atoms with Gasteiger partial charge >= 0.3 is 0 Å². The summed E-state index contributed by atoms with van der Waals surface area (Å²) >= 11 is 0. The average molecular weight is 224 g/mol. The molecule has 16 heavy (non-hydrogen) atoms. The van der Waals surface area contributed by atoms with Crippen LogP contribution in [0, 0.1) is 0 Å². The third-order valence-corrected chi connectivity index (χ3v) is 2.69. The van der Waals surface area contributed by atoms with E-state index < -0.39 is 0 Å². The molecule has 0 fully saturated rings. The number of hydrogen-bond acceptors (Lipinski definition) is 4. The van der Waals surface area contributed by atoms with E-state index in [1.54, 1.807) is 7.11 Å². The number of carbonyl (C=O) groups excluding carboxylic acids is 1. The van der Waals surface area contributed by atoms with Gasteiger partial charge in [-0.15, -0.1) is 0 Å². The van der Waals surface area contributed by atoms with Crippen LogP contribution in [-0.4, -0.2) is 19.5 Å². The zero-order valence-corrected chi connectivity index (χ0v) is 9.67. The van der Waals surface area contributed by atoms with Crippen LogP contribution in [0.3, 0.4) is 0 Å². The lowest BCUT2D eigenvalue weighted by Crippen LogP contribution is -2.11. The second kappa shape index (κ2) is 4.70. The first-order chi connectivity index (χ1) is 7.77. The minimum absolute atomic E-state index is 0.142. The van der Waals surface area contributed by atoms with E-state index in [1.807, 2.05) is 6.92 Å². The van der Waals surface area contributed by atoms with Gasteiger partial charge in [0.25, 0.3) is 5.95 Å². The van der Waals surface area contributed by atoms with Crippen molar-refractivity contribution < 1.29 is 18.7 Å². The number of rotatable bonds is 4. The average Bonchev–Trinajstić information content (AvgIpc) is 2.59. The number of methoxy groups -OCH3 is 1. The SMILES string of the molecule is CCOc1oc2c(c1COC)C(=O)CCC2. The number of hydrogen-bond donors (Lipinski definition) is 0. The fourth-order valence-corrected chi connectivity index (χ4v) is 2.05. The van der Waals surface area contributed by atoms with E-state index in [9.17, 15) is 4.79 Å². The van der Waals surface area contributed by atoms with Gasteiger partial charge in [0, 0.05) is 20.0 Å². The van der Waals surface area contributed by atoms with Crippen molar-refractivity contribution in [2.75, 3.05) is 13.7 Å². The van der Waals surface area contributed by atoms with Crippen LogP contribution in [0.4, 0.5) is 0 Å². The Hall–Kier alpha value is -1.29. The monoisotopic (exact) mass is 224 g/mol. The van der Waals surface area contributed by atoms with E-state index in [-0.39, 0.29) is 5.78 Å². The molecule has 0 radical (unpaired) electrons. The Kier molecular flexibility index (Phi) is 3.29. The topological polar surface area (TPSA) is 48.7 Å². The van der Waals surface area contributed by atoms with Crippen molar-refractivity contribution in [3.63, 3.8) is 0 Å². The maximum Gasteiger partial charge on any atom is 0.290 e. The van der Waals surface area contributed by atoms with E-state index in [2.05, 4.69) is 0 Å². The van der Waals surface area contributed by atoms with Gasteiger partial charge < -0.3 is 13.9 Å². The van der Waals surface area contributed by atoms with Crippen LogP contribution in [0.25, 0.3) is 0 Å². The molecule has 0 atom stereocenters. The molecule has 0 saturated carbocycles. The quantitative estimate of drug-likeness (QED) is 0.787. The van der Waals surface area contributed by atoms with Crippen molar-refractivity contribution in [3.05, 3.63) is 16.9 Å². The first-order valence-electron chi connectivity index (χ1n) is 5.57. The van der Waals surface area contributed by atoms with Gasteiger partial charge in [-0.25, -0.2) is 0 Å². The van der Waals surface area contributed by atoms with Crippen LogP contribution < -0.4 is 4.74 Å². The van der Waals surface area contributed by atoms with Crippen LogP contribution in [0.5, 0.6) is 5.95 Å². The number of furan rings is 1. The molecule has 88 valence electrons. The lowest BCUT2D eigenvalue weighted by molar-refractivity contribution is 0.0965. The molecule has 1 heterocycles. The molecule has 0 unspecified atom stereocenters. The van der Waals surface area contributed by atoms with Gasteiger partial charge in [0.15, 0.2) is 5.78 Å². The molecule has 0 saturated heterocycles. The molecule has 1 aliphatic rings. The molecule has 2 rings (SSSR count). The van der Waals surface area contributed by atoms with Crippen molar-refractivity contribution >= 4 is 5.78 Å². The van der Waals surface area contributed by atoms with Gasteiger partial charge in [-0.2, -0.15) is 0 Å². The van der Waals surface area contributed by atoms with Crippen LogP contribution in [0.1, 0.15) is 41.4 Å². The minimum atomic E-state index is 0.142. The normalized spacial score (nSPS) is 15.0. The van der Waals surface area contributed by atoms with E-state index in [4.69, 9.17) is 13.9 Å². The van der Waals surface area contributed by atoms with Gasteiger partial charge in [-0.3, -0.25) is 4.79 Å². The summed E-state index contributed by atoms with van der Waals surface area (Å²) in [7, 11) is 1.60. The smallest absolute Gasteiger partial charge is 0.290 e. The van der Waals surface area contributed by atoms with Crippen LogP contribution in [0.15, 0.2) is 4.42 Å². The lowest BCUT2D eigenvalue weighted by Gasteiger charge is -2.09. The van der Waals surface area contributed by atoms with E-state index in [1.165, 1.54) is 0 Å². The number of ether oxygens (including phenoxy) is 2. The molecule has 0 aromatic carbocycles. The maximum absolute atomic E-state index is 11.8. The van der Waals surface area contributed by atoms with Crippen molar-refractivity contribution in [1.29, 1.82) is 0 Å². The Balaban J connectivity index is 2.43. The van der Waals surface area contributed by atoms with Gasteiger partial charge in [0.05, 0.1) is 24.3 Å². The first kappa shape index (κ1) is 11.2. The van der Waals surface area contributed by atoms with Gasteiger partial charge in [-0.05, 0) is 13.3 Å². The highest BCUT2D eigenvalue weighted by Gasteiger charge is 2.28. The Labute approximate surface area is 94.5 Å². The molecule has 0 spiro atoms. The van der Waals surface area contributed by atoms with Gasteiger partial charge in [-0.1, -0.05) is 0 Å². The Bertz CT molecular complexity index is 392. The third kappa shape index (κ3) is 1.85. The number of Topliss-reactive ketones (excluding diaryl/α,β-unsaturated/α-hetero) is 1. The van der Waals surface area contributed by atoms with Crippen LogP contribution in [-0.2, 0) is 17.8 Å². The van der Waals surface area contributed by atoms with Crippen molar-refractivity contribution in [1.82, 2.24) is 0 Å². The summed E-state index contributed by atoms with van der Waals surface area (Å²) in [5.41, 5.74) is 1.46. The van der Waals surface area contributed by atoms with Gasteiger partial charge in [0.2, 0.25) is 0 Å². The second-order valence-electron chi connectivity index (χ2n) is 3.81. The zero-order chi connectivity index (χ0) is 11.5. The predicted molar refractivity (Wildman–Crippen MR) is 57.9 cm³/mol. The summed E-state index contributed by atoms with van der Waals surface area (Å²) in [5.74, 6) is 1.35. The summed E-state index contributed by atoms with van der Waals surface area (Å²) in [6, 6.07) is 0. The summed E-state index contributed by atoms with van der Waals surface area (Å²) in [4.78, 5) is 11.8. The molecular formula is C12H16O4. The number of aryl methyl sites for hydroxylation is 1. The molecule has 4 nitrogen and oxygen atoms in total. The molecule has 0 aliphatic heterocycles. The fraction of sp³-hybridized carbons (Fsp3) is 0.583. The fourth-order valence-electron chi connectivity index (χ4n) is 2.05. The molecule has 0 amide bonds. The summed E-state index contributed by atoms with van der Waals surface area (Å²) in [6.45, 7) is 2.77. The largest absolute Gasteiger partial charge is 0.465 e. The third-order valence-electron chi connectivity index (χ3n) is 2.69. The van der Waals surface area contributed by atoms with E-state index >= 15 is 0 Å². The second-order valence-corrected chi connectivity index (χ2v) is 3.81. The highest BCUT2D eigenvalue weighted by molar-refractivity contribution is 5.99. The lowest BCUT2D eigenvalue weighted by atomic mass is 9.94. The van der Waals surface area contributed by atoms with E-state index in [0.717, 1.165) is 24.2 Å². The standard InChI is InChI=1S/C12H16O4/c1-3-15-12-8(7-14-2)11-9(13)5-4-6-10(11)16-12/h3-7H2,1-2H3. The maximum atomic E-state index is 11.8. The van der Waals surface area contributed by atoms with Crippen LogP contribution >= 0.6 is 0 Å². The minimum Gasteiger partial charge on any atom is -0.465 e. The number of ketones is 1. The number of fused-ring (bicyclic) bond motifs is 1. The zero-order valence-electron chi connectivity index (χ0n) is 9.67. The predicted octanol–water partition coefficient (Wildman–Crippen LogP) is 2.34. The molecule has 1 aliphatic carbocycles. The van der Waals surface area contributed by atoms with Gasteiger partial charge in [0.1, 0.15) is 5.76 Å². The highest BCUT2D eigenvalue weighted by atomic mass is 16.6. The number of carbonyl (C=O) groups is 1. The molecule has 0 bridgehead atoms. The summed E-state index contributed by atoms with van der Waals surface area (Å²) in [5, 5.41) is 0. The first-order valence-corrected chi connectivity index (χ1v) is 5.57. The molecule has 1 aromatic rings. The molecular weight excluding hydrogens is 208 g/mol. The highest BCUT2D eigenvalue weighted by Crippen LogP contribution is 2.35. The van der Waals surface area contributed by atoms with Crippen molar-refractivity contribution in [3.8, 4) is 5.95 Å². The Morgan fingerprint density at radius 3 is 2.88 bits per heavy atom. The van der Waals surface area contributed by atoms with Crippen LogP contribution in [0.2, 0.25) is 0 Å². The Morgan fingerprint density at radius 2 is 2.19 bits per heavy atom. The molecule has 4 heteroatoms. The summed E-state index contributed by atoms with van der Waals surface area (Å²) < 4.78 is 16.1. The molecule has 0 N–H and O–H groups in total. The van der Waals surface area contributed by atoms with Crippen molar-refractivity contribution in [2.45, 2.75) is 32.8 Å².